The van der Waals surface area contributed by atoms with E-state index in [9.17, 15) is 10.4 Å². The third-order valence-electron chi connectivity index (χ3n) is 6.81. The summed E-state index contributed by atoms with van der Waals surface area (Å²) in [5.41, 5.74) is 5.79. The summed E-state index contributed by atoms with van der Waals surface area (Å²) >= 11 is 2.31. The van der Waals surface area contributed by atoms with Gasteiger partial charge < -0.3 is 14.6 Å². The number of hydrogen-bond donors (Lipinski definition) is 1. The number of nitriles is 1. The molecule has 1 unspecified atom stereocenters. The number of rotatable bonds is 6. The first-order valence-corrected chi connectivity index (χ1v) is 17.0. The number of fused-ring (bicyclic) bond motifs is 4. The van der Waals surface area contributed by atoms with Crippen LogP contribution in [-0.2, 0) is 20.1 Å². The molecule has 0 aliphatic carbocycles. The first kappa shape index (κ1) is 28.5. The number of hydrogen-bond acceptors (Lipinski definition) is 9. The average molecular weight is 675 g/mol. The fraction of sp³-hybridized carbons (Fsp3) is 0.423. The van der Waals surface area contributed by atoms with Crippen LogP contribution in [0.25, 0.3) is 34.3 Å². The molecule has 210 valence electrons. The largest absolute Gasteiger partial charge is 0.473 e. The van der Waals surface area contributed by atoms with Gasteiger partial charge >= 0.3 is 0 Å². The van der Waals surface area contributed by atoms with E-state index >= 15 is 0 Å². The van der Waals surface area contributed by atoms with Gasteiger partial charge in [0.15, 0.2) is 6.61 Å². The minimum absolute atomic E-state index is 0.0782. The predicted octanol–water partition coefficient (Wildman–Crippen LogP) is 3.80. The molecule has 1 aliphatic rings. The number of pyridine rings is 1. The Bertz CT molecular complexity index is 1600. The normalized spacial score (nSPS) is 16.9. The van der Waals surface area contributed by atoms with E-state index in [1.165, 1.54) is 0 Å². The Hall–Kier alpha value is -3.05. The third-order valence-corrected chi connectivity index (χ3v) is 8.68. The maximum absolute atomic E-state index is 9.78. The van der Waals surface area contributed by atoms with Crippen molar-refractivity contribution in [3.8, 4) is 29.1 Å². The Balaban J connectivity index is 1.75. The van der Waals surface area contributed by atoms with Crippen molar-refractivity contribution in [1.82, 2.24) is 39.0 Å². The second kappa shape index (κ2) is 12.2. The lowest BCUT2D eigenvalue weighted by molar-refractivity contribution is 0.133. The molecule has 0 radical (unpaired) electrons. The molecule has 0 fully saturated rings. The summed E-state index contributed by atoms with van der Waals surface area (Å²) in [6.07, 6.45) is 5.97. The van der Waals surface area contributed by atoms with E-state index in [0.29, 0.717) is 37.8 Å². The predicted molar refractivity (Wildman–Crippen MR) is 163 cm³/mol. The van der Waals surface area contributed by atoms with Gasteiger partial charge in [-0.2, -0.15) is 15.5 Å². The standard InChI is InChI=1S/C26H31IN9O3P/c1-5-34-14-16(2)39-26-24(17(3)30-33(26)4)21-12-19-20(31-36(40-27)22(19)13-29-21)7-6-18-23(15-34)35(9-10-37)32-25(18)38-11-8-28/h6-7,12-13,16,37,40H,5,9-11,14-15H2,1-4H3/b7-6+/t16-/m1/s1. The Morgan fingerprint density at radius 3 is 2.85 bits per heavy atom. The van der Waals surface area contributed by atoms with Crippen LogP contribution >= 0.6 is 28.4 Å². The quantitative estimate of drug-likeness (QED) is 0.240. The summed E-state index contributed by atoms with van der Waals surface area (Å²) in [7, 11) is 1.88. The molecule has 1 N–H and O–H groups in total. The molecule has 4 aromatic rings. The van der Waals surface area contributed by atoms with Crippen LogP contribution in [0.3, 0.4) is 0 Å². The zero-order valence-electron chi connectivity index (χ0n) is 22.8. The van der Waals surface area contributed by atoms with Gasteiger partial charge in [-0.25, -0.2) is 9.13 Å². The topological polar surface area (TPSA) is 132 Å². The maximum atomic E-state index is 9.78. The number of nitrogens with zero attached hydrogens (tertiary/aromatic N) is 9. The van der Waals surface area contributed by atoms with E-state index in [0.717, 1.165) is 51.4 Å². The summed E-state index contributed by atoms with van der Waals surface area (Å²) < 4.78 is 17.7. The van der Waals surface area contributed by atoms with E-state index in [2.05, 4.69) is 44.1 Å². The minimum atomic E-state index is -0.164. The van der Waals surface area contributed by atoms with Gasteiger partial charge in [0.05, 0.1) is 65.1 Å². The Labute approximate surface area is 246 Å². The number of aliphatic hydroxyl groups is 1. The zero-order chi connectivity index (χ0) is 28.4. The molecule has 14 heteroatoms. The van der Waals surface area contributed by atoms with E-state index in [1.54, 1.807) is 9.36 Å². The van der Waals surface area contributed by atoms with Crippen molar-refractivity contribution in [2.24, 2.45) is 7.05 Å². The van der Waals surface area contributed by atoms with Gasteiger partial charge in [0.2, 0.25) is 11.8 Å². The second-order valence-electron chi connectivity index (χ2n) is 9.51. The lowest BCUT2D eigenvalue weighted by Gasteiger charge is -2.25. The van der Waals surface area contributed by atoms with Crippen molar-refractivity contribution in [1.29, 1.82) is 5.26 Å². The van der Waals surface area contributed by atoms with Crippen LogP contribution in [0, 0.1) is 18.3 Å². The average Bonchev–Trinajstić information content (AvgIpc) is 3.55. The number of halogens is 1. The molecule has 0 amide bonds. The first-order chi connectivity index (χ1) is 19.4. The van der Waals surface area contributed by atoms with Crippen molar-refractivity contribution < 1.29 is 14.6 Å². The SMILES string of the molecule is CCN1Cc2c(c(OCC#N)nn2CCO)/C=C/c2nn(PI)c3cnc(cc23)-c2c(C)nn(C)c2O[C@H](C)C1. The van der Waals surface area contributed by atoms with Gasteiger partial charge in [-0.05, 0) is 60.7 Å². The van der Waals surface area contributed by atoms with Gasteiger partial charge in [0, 0.05) is 25.5 Å². The van der Waals surface area contributed by atoms with Crippen molar-refractivity contribution in [3.63, 3.8) is 0 Å². The Kier molecular flexibility index (Phi) is 8.70. The second-order valence-corrected chi connectivity index (χ2v) is 11.5. The fourth-order valence-corrected chi connectivity index (χ4v) is 6.53. The van der Waals surface area contributed by atoms with Crippen LogP contribution in [0.5, 0.6) is 11.8 Å². The molecule has 5 rings (SSSR count). The first-order valence-electron chi connectivity index (χ1n) is 12.9. The van der Waals surface area contributed by atoms with Gasteiger partial charge in [-0.3, -0.25) is 14.6 Å². The molecule has 0 spiro atoms. The highest BCUT2D eigenvalue weighted by atomic mass is 127. The van der Waals surface area contributed by atoms with Crippen LogP contribution in [0.2, 0.25) is 0 Å². The monoisotopic (exact) mass is 675 g/mol. The molecule has 2 bridgehead atoms. The summed E-state index contributed by atoms with van der Waals surface area (Å²) in [4.78, 5) is 7.06. The highest BCUT2D eigenvalue weighted by Crippen LogP contribution is 2.37. The smallest absolute Gasteiger partial charge is 0.241 e. The van der Waals surface area contributed by atoms with Gasteiger partial charge in [0.25, 0.3) is 0 Å². The molecule has 5 heterocycles. The summed E-state index contributed by atoms with van der Waals surface area (Å²) in [5, 5.41) is 34.0. The van der Waals surface area contributed by atoms with E-state index in [1.807, 2.05) is 55.8 Å². The molecular weight excluding hydrogens is 644 g/mol. The number of ether oxygens (including phenoxy) is 2. The van der Waals surface area contributed by atoms with Crippen LogP contribution in [0.15, 0.2) is 12.3 Å². The Morgan fingerprint density at radius 2 is 2.12 bits per heavy atom. The fourth-order valence-electron chi connectivity index (χ4n) is 5.01. The summed E-state index contributed by atoms with van der Waals surface area (Å²) in [6, 6.07) is 4.07. The molecular formula is C26H31IN9O3P. The molecule has 4 aromatic heterocycles. The lowest BCUT2D eigenvalue weighted by atomic mass is 10.1. The lowest BCUT2D eigenvalue weighted by Crippen LogP contribution is -2.34. The Morgan fingerprint density at radius 1 is 1.30 bits per heavy atom. The van der Waals surface area contributed by atoms with Crippen LogP contribution in [0.4, 0.5) is 0 Å². The van der Waals surface area contributed by atoms with Crippen molar-refractivity contribution in [3.05, 3.63) is 34.9 Å². The van der Waals surface area contributed by atoms with Crippen molar-refractivity contribution >= 4 is 51.5 Å². The van der Waals surface area contributed by atoms with Gasteiger partial charge in [0.1, 0.15) is 12.2 Å². The van der Waals surface area contributed by atoms with Gasteiger partial charge in [-0.15, -0.1) is 5.10 Å². The third kappa shape index (κ3) is 5.45. The number of likely N-dealkylation sites (N-methyl/N-ethyl adjacent to an activating group) is 1. The molecule has 0 aromatic carbocycles. The molecule has 40 heavy (non-hydrogen) atoms. The van der Waals surface area contributed by atoms with E-state index in [-0.39, 0.29) is 19.3 Å². The molecule has 1 aliphatic heterocycles. The minimum Gasteiger partial charge on any atom is -0.473 e. The highest BCUT2D eigenvalue weighted by Gasteiger charge is 2.25. The zero-order valence-corrected chi connectivity index (χ0v) is 26.0. The molecule has 12 nitrogen and oxygen atoms in total. The van der Waals surface area contributed by atoms with Crippen LogP contribution < -0.4 is 9.47 Å². The number of aliphatic hydroxyl groups excluding tert-OH is 1. The maximum Gasteiger partial charge on any atom is 0.241 e. The van der Waals surface area contributed by atoms with Crippen LogP contribution in [0.1, 0.15) is 36.5 Å². The number of aryl methyl sites for hydroxylation is 2. The number of aromatic nitrogens is 7. The van der Waals surface area contributed by atoms with Crippen molar-refractivity contribution in [2.45, 2.75) is 40.0 Å². The van der Waals surface area contributed by atoms with Crippen molar-refractivity contribution in [2.75, 3.05) is 26.3 Å². The molecule has 2 atom stereocenters. The molecule has 0 saturated heterocycles. The van der Waals surface area contributed by atoms with Gasteiger partial charge in [-0.1, -0.05) is 6.92 Å². The summed E-state index contributed by atoms with van der Waals surface area (Å²) in [6.45, 7) is 8.13. The molecule has 0 saturated carbocycles. The van der Waals surface area contributed by atoms with E-state index < -0.39 is 0 Å². The van der Waals surface area contributed by atoms with E-state index in [4.69, 9.17) is 19.6 Å². The van der Waals surface area contributed by atoms with Crippen LogP contribution in [-0.4, -0.2) is 76.5 Å². The highest BCUT2D eigenvalue weighted by molar-refractivity contribution is 14.2. The summed E-state index contributed by atoms with van der Waals surface area (Å²) in [5.74, 6) is 1.02.